The molecule has 0 aliphatic carbocycles. The van der Waals surface area contributed by atoms with Crippen LogP contribution in [0.5, 0.6) is 0 Å². The highest BCUT2D eigenvalue weighted by molar-refractivity contribution is 7.99. The molecule has 0 amide bonds. The van der Waals surface area contributed by atoms with E-state index in [4.69, 9.17) is 23.2 Å². The molecule has 8 heteroatoms. The van der Waals surface area contributed by atoms with Crippen LogP contribution in [0.25, 0.3) is 0 Å². The van der Waals surface area contributed by atoms with Crippen molar-refractivity contribution in [1.82, 2.24) is 4.98 Å². The van der Waals surface area contributed by atoms with E-state index in [0.29, 0.717) is 28.0 Å². The molecule has 1 aromatic heterocycles. The van der Waals surface area contributed by atoms with E-state index in [1.165, 1.54) is 18.3 Å². The molecule has 0 atom stereocenters. The molecule has 0 bridgehead atoms. The van der Waals surface area contributed by atoms with Gasteiger partial charge in [0.1, 0.15) is 17.5 Å². The highest BCUT2D eigenvalue weighted by Gasteiger charge is 2.18. The number of hydrogen-bond donors (Lipinski definition) is 2. The summed E-state index contributed by atoms with van der Waals surface area (Å²) in [5, 5.41) is 13.5. The Morgan fingerprint density at radius 3 is 2.45 bits per heavy atom. The molecule has 0 aliphatic rings. The molecule has 3 nitrogen and oxygen atoms in total. The monoisotopic (exact) mass is 482 g/mol. The van der Waals surface area contributed by atoms with Gasteiger partial charge in [-0.25, -0.2) is 13.8 Å². The third-order valence-corrected chi connectivity index (χ3v) is 6.23. The van der Waals surface area contributed by atoms with E-state index in [9.17, 15) is 9.50 Å². The number of anilines is 1. The van der Waals surface area contributed by atoms with Crippen LogP contribution in [0.4, 0.5) is 14.6 Å². The fraction of sp³-hybridized carbons (Fsp3) is 0.261. The zero-order valence-electron chi connectivity index (χ0n) is 17.1. The Balaban J connectivity index is 1.84. The minimum atomic E-state index is -0.527. The van der Waals surface area contributed by atoms with Crippen molar-refractivity contribution in [1.29, 1.82) is 0 Å². The molecular weight excluding hydrogens is 461 g/mol. The minimum absolute atomic E-state index is 0.0169. The Bertz CT molecular complexity index is 1060. The van der Waals surface area contributed by atoms with Gasteiger partial charge < -0.3 is 10.4 Å². The first-order valence-electron chi connectivity index (χ1n) is 9.57. The maximum absolute atomic E-state index is 15.2. The maximum Gasteiger partial charge on any atom is 0.140 e. The molecule has 0 spiro atoms. The van der Waals surface area contributed by atoms with Gasteiger partial charge in [-0.2, -0.15) is 0 Å². The molecule has 3 rings (SSSR count). The first kappa shape index (κ1) is 23.8. The highest BCUT2D eigenvalue weighted by Crippen LogP contribution is 2.34. The minimum Gasteiger partial charge on any atom is -0.396 e. The Morgan fingerprint density at radius 1 is 1.06 bits per heavy atom. The second-order valence-corrected chi connectivity index (χ2v) is 9.91. The van der Waals surface area contributed by atoms with Crippen LogP contribution >= 0.6 is 35.0 Å². The Labute approximate surface area is 194 Å². The van der Waals surface area contributed by atoms with E-state index < -0.39 is 11.6 Å². The smallest absolute Gasteiger partial charge is 0.140 e. The third-order valence-electron chi connectivity index (χ3n) is 4.61. The first-order chi connectivity index (χ1) is 14.7. The summed E-state index contributed by atoms with van der Waals surface area (Å²) in [6, 6.07) is 11.0. The zero-order valence-corrected chi connectivity index (χ0v) is 19.4. The van der Waals surface area contributed by atoms with Crippen LogP contribution < -0.4 is 5.32 Å². The number of hydrogen-bond acceptors (Lipinski definition) is 4. The summed E-state index contributed by atoms with van der Waals surface area (Å²) in [6.45, 7) is 4.34. The number of rotatable bonds is 8. The summed E-state index contributed by atoms with van der Waals surface area (Å²) in [5.74, 6) is -0.472. The van der Waals surface area contributed by atoms with Gasteiger partial charge in [0, 0.05) is 41.1 Å². The molecule has 0 unspecified atom stereocenters. The van der Waals surface area contributed by atoms with E-state index >= 15 is 4.39 Å². The van der Waals surface area contributed by atoms with Crippen LogP contribution in [0.1, 0.15) is 25.0 Å². The topological polar surface area (TPSA) is 45.1 Å². The molecular formula is C23H22Cl2F2N2OS. The fourth-order valence-electron chi connectivity index (χ4n) is 2.75. The number of aliphatic hydroxyl groups is 1. The van der Waals surface area contributed by atoms with Gasteiger partial charge in [-0.05, 0) is 53.6 Å². The molecule has 0 saturated carbocycles. The van der Waals surface area contributed by atoms with Crippen molar-refractivity contribution in [3.8, 4) is 0 Å². The van der Waals surface area contributed by atoms with Crippen molar-refractivity contribution >= 4 is 40.8 Å². The molecule has 0 aliphatic heterocycles. The van der Waals surface area contributed by atoms with E-state index in [-0.39, 0.29) is 28.9 Å². The van der Waals surface area contributed by atoms with E-state index in [0.717, 1.165) is 16.7 Å². The van der Waals surface area contributed by atoms with Crippen molar-refractivity contribution in [3.63, 3.8) is 0 Å². The predicted octanol–water partition coefficient (Wildman–Crippen LogP) is 6.84. The van der Waals surface area contributed by atoms with Crippen molar-refractivity contribution < 1.29 is 13.9 Å². The van der Waals surface area contributed by atoms with Gasteiger partial charge in [0.25, 0.3) is 0 Å². The molecule has 3 aromatic rings. The van der Waals surface area contributed by atoms with Gasteiger partial charge in [0.15, 0.2) is 0 Å². The van der Waals surface area contributed by atoms with Crippen molar-refractivity contribution in [2.75, 3.05) is 18.5 Å². The number of aromatic nitrogens is 1. The van der Waals surface area contributed by atoms with E-state index in [2.05, 4.69) is 10.3 Å². The van der Waals surface area contributed by atoms with Crippen LogP contribution in [-0.4, -0.2) is 23.2 Å². The van der Waals surface area contributed by atoms with Crippen LogP contribution in [-0.2, 0) is 6.42 Å². The normalized spacial score (nSPS) is 11.6. The zero-order chi connectivity index (χ0) is 22.6. The fourth-order valence-corrected chi connectivity index (χ4v) is 3.97. The number of halogens is 4. The molecule has 31 heavy (non-hydrogen) atoms. The summed E-state index contributed by atoms with van der Waals surface area (Å²) in [6.07, 6.45) is 1.59. The average molecular weight is 483 g/mol. The van der Waals surface area contributed by atoms with Gasteiger partial charge in [-0.3, -0.25) is 0 Å². The van der Waals surface area contributed by atoms with Gasteiger partial charge >= 0.3 is 0 Å². The summed E-state index contributed by atoms with van der Waals surface area (Å²) < 4.78 is 29.4. The summed E-state index contributed by atoms with van der Waals surface area (Å²) in [4.78, 5) is 5.17. The number of pyridine rings is 1. The molecule has 2 N–H and O–H groups in total. The average Bonchev–Trinajstić information content (AvgIpc) is 2.73. The summed E-state index contributed by atoms with van der Waals surface area (Å²) >= 11 is 13.3. The first-order valence-corrected chi connectivity index (χ1v) is 11.1. The molecule has 2 aromatic carbocycles. The highest BCUT2D eigenvalue weighted by atomic mass is 35.5. The largest absolute Gasteiger partial charge is 0.396 e. The molecule has 164 valence electrons. The quantitative estimate of drug-likeness (QED) is 0.368. The summed E-state index contributed by atoms with van der Waals surface area (Å²) in [5.41, 5.74) is 0.489. The van der Waals surface area contributed by atoms with Crippen molar-refractivity contribution in [2.24, 2.45) is 5.41 Å². The van der Waals surface area contributed by atoms with Crippen LogP contribution in [0, 0.1) is 17.0 Å². The van der Waals surface area contributed by atoms with Crippen molar-refractivity contribution in [3.05, 3.63) is 81.5 Å². The lowest BCUT2D eigenvalue weighted by atomic mass is 9.95. The predicted molar refractivity (Wildman–Crippen MR) is 123 cm³/mol. The Morgan fingerprint density at radius 2 is 1.77 bits per heavy atom. The lowest BCUT2D eigenvalue weighted by Gasteiger charge is -2.22. The Kier molecular flexibility index (Phi) is 7.81. The molecule has 1 heterocycles. The van der Waals surface area contributed by atoms with Gasteiger partial charge in [-0.1, -0.05) is 48.8 Å². The molecule has 0 fully saturated rings. The molecule has 0 radical (unpaired) electrons. The van der Waals surface area contributed by atoms with Gasteiger partial charge in [-0.15, -0.1) is 0 Å². The van der Waals surface area contributed by atoms with Crippen LogP contribution in [0.15, 0.2) is 58.5 Å². The SMILES string of the molecule is CC(C)(CO)CNc1cc(Cc2cc(F)cc(Sc3ccc(Cl)cc3)c2F)c(Cl)cn1. The Hall–Kier alpha value is -1.86. The van der Waals surface area contributed by atoms with E-state index in [1.807, 2.05) is 13.8 Å². The maximum atomic E-state index is 15.2. The second kappa shape index (κ2) is 10.2. The standard InChI is InChI=1S/C23H22Cl2F2N2OS/c1-23(2,13-30)12-29-21-9-14(19(25)11-28-21)7-15-8-17(26)10-20(22(15)27)31-18-5-3-16(24)4-6-18/h3-6,8-11,30H,7,12-13H2,1-2H3,(H,28,29). The number of aliphatic hydroxyl groups excluding tert-OH is 1. The second-order valence-electron chi connectivity index (χ2n) is 7.95. The lowest BCUT2D eigenvalue weighted by molar-refractivity contribution is 0.170. The summed E-state index contributed by atoms with van der Waals surface area (Å²) in [7, 11) is 0. The van der Waals surface area contributed by atoms with Crippen LogP contribution in [0.3, 0.4) is 0 Å². The van der Waals surface area contributed by atoms with Gasteiger partial charge in [0.05, 0.1) is 9.92 Å². The van der Waals surface area contributed by atoms with E-state index in [1.54, 1.807) is 30.3 Å². The third kappa shape index (κ3) is 6.56. The van der Waals surface area contributed by atoms with Crippen LogP contribution in [0.2, 0.25) is 10.0 Å². The number of nitrogens with zero attached hydrogens (tertiary/aromatic N) is 1. The van der Waals surface area contributed by atoms with Crippen molar-refractivity contribution in [2.45, 2.75) is 30.1 Å². The number of nitrogens with one attached hydrogen (secondary N) is 1. The lowest BCUT2D eigenvalue weighted by Crippen LogP contribution is -2.27. The molecule has 0 saturated heterocycles. The van der Waals surface area contributed by atoms with Gasteiger partial charge in [0.2, 0.25) is 0 Å². The number of benzene rings is 2.